The van der Waals surface area contributed by atoms with Gasteiger partial charge in [0.2, 0.25) is 0 Å². The van der Waals surface area contributed by atoms with Crippen molar-refractivity contribution >= 4 is 6.03 Å². The maximum atomic E-state index is 12.7. The SMILES string of the molecule is CO[C@H](CNC(=O)N1CCN([C@H](C)C(F)(F)F)CC1)C(C)C. The van der Waals surface area contributed by atoms with E-state index in [1.165, 1.54) is 4.90 Å². The van der Waals surface area contributed by atoms with Gasteiger partial charge in [0.15, 0.2) is 0 Å². The minimum atomic E-state index is -4.23. The molecule has 1 fully saturated rings. The van der Waals surface area contributed by atoms with Gasteiger partial charge in [-0.15, -0.1) is 0 Å². The van der Waals surface area contributed by atoms with Crippen LogP contribution in [0.3, 0.4) is 0 Å². The number of rotatable bonds is 5. The topological polar surface area (TPSA) is 44.8 Å². The van der Waals surface area contributed by atoms with Gasteiger partial charge in [-0.1, -0.05) is 13.8 Å². The summed E-state index contributed by atoms with van der Waals surface area (Å²) in [4.78, 5) is 14.9. The highest BCUT2D eigenvalue weighted by molar-refractivity contribution is 5.74. The summed E-state index contributed by atoms with van der Waals surface area (Å²) in [6, 6.07) is -1.72. The number of ether oxygens (including phenoxy) is 1. The van der Waals surface area contributed by atoms with Crippen LogP contribution in [0.1, 0.15) is 20.8 Å². The molecule has 0 bridgehead atoms. The molecule has 0 aliphatic carbocycles. The van der Waals surface area contributed by atoms with Crippen LogP contribution in [0.15, 0.2) is 0 Å². The number of hydrogen-bond donors (Lipinski definition) is 1. The highest BCUT2D eigenvalue weighted by atomic mass is 19.4. The Hall–Kier alpha value is -1.02. The fourth-order valence-electron chi connectivity index (χ4n) is 2.41. The van der Waals surface area contributed by atoms with Crippen molar-refractivity contribution in [1.29, 1.82) is 0 Å². The van der Waals surface area contributed by atoms with Crippen molar-refractivity contribution in [1.82, 2.24) is 15.1 Å². The number of carbonyl (C=O) groups excluding carboxylic acids is 1. The van der Waals surface area contributed by atoms with Crippen LogP contribution in [0.4, 0.5) is 18.0 Å². The normalized spacial score (nSPS) is 20.1. The quantitative estimate of drug-likeness (QED) is 0.840. The van der Waals surface area contributed by atoms with Crippen molar-refractivity contribution in [3.8, 4) is 0 Å². The van der Waals surface area contributed by atoms with Crippen LogP contribution in [0.5, 0.6) is 0 Å². The summed E-state index contributed by atoms with van der Waals surface area (Å²) in [5, 5.41) is 2.78. The molecule has 2 amide bonds. The lowest BCUT2D eigenvalue weighted by molar-refractivity contribution is -0.181. The van der Waals surface area contributed by atoms with E-state index in [1.54, 1.807) is 12.0 Å². The molecule has 1 rings (SSSR count). The van der Waals surface area contributed by atoms with Gasteiger partial charge in [0, 0.05) is 39.8 Å². The number of methoxy groups -OCH3 is 1. The van der Waals surface area contributed by atoms with Crippen molar-refractivity contribution in [3.05, 3.63) is 0 Å². The first-order valence-corrected chi connectivity index (χ1v) is 7.53. The average Bonchev–Trinajstić information content (AvgIpc) is 2.45. The number of halogens is 3. The van der Waals surface area contributed by atoms with Crippen LogP contribution < -0.4 is 5.32 Å². The summed E-state index contributed by atoms with van der Waals surface area (Å²) in [6.07, 6.45) is -4.30. The van der Waals surface area contributed by atoms with E-state index in [4.69, 9.17) is 4.74 Å². The molecule has 0 spiro atoms. The van der Waals surface area contributed by atoms with E-state index >= 15 is 0 Å². The molecule has 5 nitrogen and oxygen atoms in total. The Labute approximate surface area is 129 Å². The Morgan fingerprint density at radius 2 is 1.73 bits per heavy atom. The first-order chi connectivity index (χ1) is 10.2. The molecule has 8 heteroatoms. The monoisotopic (exact) mass is 325 g/mol. The zero-order valence-electron chi connectivity index (χ0n) is 13.6. The van der Waals surface area contributed by atoms with Crippen LogP contribution in [0.2, 0.25) is 0 Å². The summed E-state index contributed by atoms with van der Waals surface area (Å²) in [7, 11) is 1.59. The number of amides is 2. The van der Waals surface area contributed by atoms with Crippen LogP contribution in [0, 0.1) is 5.92 Å². The van der Waals surface area contributed by atoms with Gasteiger partial charge in [-0.25, -0.2) is 4.79 Å². The summed E-state index contributed by atoms with van der Waals surface area (Å²) in [5.41, 5.74) is 0. The summed E-state index contributed by atoms with van der Waals surface area (Å²) in [6.45, 7) is 6.60. The molecule has 0 saturated carbocycles. The Bertz CT molecular complexity index is 356. The van der Waals surface area contributed by atoms with Crippen molar-refractivity contribution in [2.45, 2.75) is 39.1 Å². The summed E-state index contributed by atoms with van der Waals surface area (Å²) in [5.74, 6) is 0.273. The third kappa shape index (κ3) is 5.31. The van der Waals surface area contributed by atoms with Gasteiger partial charge < -0.3 is 15.0 Å². The smallest absolute Gasteiger partial charge is 0.379 e. The minimum Gasteiger partial charge on any atom is -0.379 e. The predicted molar refractivity (Wildman–Crippen MR) is 77.7 cm³/mol. The number of urea groups is 1. The third-order valence-corrected chi connectivity index (χ3v) is 4.12. The van der Waals surface area contributed by atoms with E-state index in [2.05, 4.69) is 5.32 Å². The van der Waals surface area contributed by atoms with Gasteiger partial charge >= 0.3 is 12.2 Å². The lowest BCUT2D eigenvalue weighted by Gasteiger charge is -2.38. The summed E-state index contributed by atoms with van der Waals surface area (Å²) < 4.78 is 43.3. The molecular weight excluding hydrogens is 299 g/mol. The van der Waals surface area contributed by atoms with Crippen LogP contribution in [-0.2, 0) is 4.74 Å². The fourth-order valence-corrected chi connectivity index (χ4v) is 2.41. The van der Waals surface area contributed by atoms with E-state index in [-0.39, 0.29) is 31.1 Å². The fraction of sp³-hybridized carbons (Fsp3) is 0.929. The van der Waals surface area contributed by atoms with Crippen LogP contribution in [-0.4, -0.2) is 74.0 Å². The summed E-state index contributed by atoms with van der Waals surface area (Å²) >= 11 is 0. The lowest BCUT2D eigenvalue weighted by atomic mass is 10.1. The minimum absolute atomic E-state index is 0.0736. The molecule has 0 unspecified atom stereocenters. The zero-order chi connectivity index (χ0) is 16.9. The Morgan fingerprint density at radius 1 is 1.18 bits per heavy atom. The molecule has 0 radical (unpaired) electrons. The Morgan fingerprint density at radius 3 is 2.14 bits per heavy atom. The van der Waals surface area contributed by atoms with E-state index in [0.717, 1.165) is 6.92 Å². The van der Waals surface area contributed by atoms with E-state index < -0.39 is 12.2 Å². The standard InChI is InChI=1S/C14H26F3N3O2/c1-10(2)12(22-4)9-18-13(21)20-7-5-19(6-8-20)11(3)14(15,16)17/h10-12H,5-9H2,1-4H3,(H,18,21)/t11-,12-/m1/s1. The number of nitrogens with one attached hydrogen (secondary N) is 1. The number of hydrogen-bond acceptors (Lipinski definition) is 3. The van der Waals surface area contributed by atoms with Crippen LogP contribution >= 0.6 is 0 Å². The second-order valence-corrected chi connectivity index (χ2v) is 5.94. The Balaban J connectivity index is 2.40. The van der Waals surface area contributed by atoms with Gasteiger partial charge in [0.05, 0.1) is 6.10 Å². The molecule has 0 aromatic rings. The second kappa shape index (κ2) is 8.01. The Kier molecular flexibility index (Phi) is 6.93. The number of carbonyl (C=O) groups is 1. The largest absolute Gasteiger partial charge is 0.403 e. The first-order valence-electron chi connectivity index (χ1n) is 7.53. The van der Waals surface area contributed by atoms with E-state index in [9.17, 15) is 18.0 Å². The molecular formula is C14H26F3N3O2. The molecule has 0 aromatic heterocycles. The molecule has 1 saturated heterocycles. The predicted octanol–water partition coefficient (Wildman–Crippen LogP) is 1.94. The highest BCUT2D eigenvalue weighted by Crippen LogP contribution is 2.25. The van der Waals surface area contributed by atoms with Crippen molar-refractivity contribution < 1.29 is 22.7 Å². The number of alkyl halides is 3. The zero-order valence-corrected chi connectivity index (χ0v) is 13.6. The molecule has 1 aliphatic heterocycles. The third-order valence-electron chi connectivity index (χ3n) is 4.12. The van der Waals surface area contributed by atoms with E-state index in [0.29, 0.717) is 19.6 Å². The van der Waals surface area contributed by atoms with Gasteiger partial charge in [0.25, 0.3) is 0 Å². The second-order valence-electron chi connectivity index (χ2n) is 5.94. The molecule has 1 heterocycles. The molecule has 130 valence electrons. The van der Waals surface area contributed by atoms with Gasteiger partial charge in [-0.2, -0.15) is 13.2 Å². The van der Waals surface area contributed by atoms with Crippen molar-refractivity contribution in [2.24, 2.45) is 5.92 Å². The molecule has 1 aliphatic rings. The first kappa shape index (κ1) is 19.0. The van der Waals surface area contributed by atoms with Crippen LogP contribution in [0.25, 0.3) is 0 Å². The van der Waals surface area contributed by atoms with Crippen molar-refractivity contribution in [3.63, 3.8) is 0 Å². The van der Waals surface area contributed by atoms with Gasteiger partial charge in [-0.3, -0.25) is 4.90 Å². The maximum absolute atomic E-state index is 12.7. The van der Waals surface area contributed by atoms with Gasteiger partial charge in [-0.05, 0) is 12.8 Å². The molecule has 22 heavy (non-hydrogen) atoms. The lowest BCUT2D eigenvalue weighted by Crippen LogP contribution is -2.56. The molecule has 0 aromatic carbocycles. The maximum Gasteiger partial charge on any atom is 0.403 e. The number of piperazine rings is 1. The van der Waals surface area contributed by atoms with E-state index in [1.807, 2.05) is 13.8 Å². The van der Waals surface area contributed by atoms with Crippen molar-refractivity contribution in [2.75, 3.05) is 39.8 Å². The van der Waals surface area contributed by atoms with Gasteiger partial charge in [0.1, 0.15) is 6.04 Å². The molecule has 1 N–H and O–H groups in total. The average molecular weight is 325 g/mol. The highest BCUT2D eigenvalue weighted by Gasteiger charge is 2.41. The number of nitrogens with zero attached hydrogens (tertiary/aromatic N) is 2. The molecule has 2 atom stereocenters.